The van der Waals surface area contributed by atoms with Gasteiger partial charge in [0.05, 0.1) is 19.2 Å². The average molecular weight is 342 g/mol. The number of nitrogens with zero attached hydrogens (tertiary/aromatic N) is 1. The molecular formula is C14H12F2N2O4S. The van der Waals surface area contributed by atoms with E-state index in [-0.39, 0.29) is 17.3 Å². The van der Waals surface area contributed by atoms with Gasteiger partial charge < -0.3 is 9.47 Å². The van der Waals surface area contributed by atoms with Gasteiger partial charge in [0.15, 0.2) is 23.3 Å². The standard InChI is InChI=1S/C14H12F2N2O4S/c1-21-13(20)5-9-7-23-14(17-9)18-12(19)6-22-11-4-8(15)2-3-10(11)16/h2-4,7H,5-6H2,1H3,(H,17,18,19). The van der Waals surface area contributed by atoms with Gasteiger partial charge in [0.2, 0.25) is 0 Å². The minimum absolute atomic E-state index is 0.00608. The number of carbonyl (C=O) groups is 2. The number of amides is 1. The van der Waals surface area contributed by atoms with Gasteiger partial charge in [0.25, 0.3) is 5.91 Å². The molecule has 6 nitrogen and oxygen atoms in total. The predicted molar refractivity (Wildman–Crippen MR) is 78.3 cm³/mol. The van der Waals surface area contributed by atoms with Gasteiger partial charge in [-0.1, -0.05) is 0 Å². The Morgan fingerprint density at radius 1 is 1.35 bits per heavy atom. The Labute approximate surface area is 134 Å². The number of esters is 1. The molecule has 1 aromatic heterocycles. The number of carbonyl (C=O) groups excluding carboxylic acids is 2. The van der Waals surface area contributed by atoms with Gasteiger partial charge in [0, 0.05) is 11.4 Å². The summed E-state index contributed by atoms with van der Waals surface area (Å²) in [6.07, 6.45) is -0.00608. The van der Waals surface area contributed by atoms with Crippen molar-refractivity contribution in [1.82, 2.24) is 4.98 Å². The van der Waals surface area contributed by atoms with E-state index in [0.717, 1.165) is 29.5 Å². The van der Waals surface area contributed by atoms with E-state index in [1.54, 1.807) is 5.38 Å². The fraction of sp³-hybridized carbons (Fsp3) is 0.214. The molecule has 0 aliphatic carbocycles. The number of benzene rings is 1. The fourth-order valence-electron chi connectivity index (χ4n) is 1.55. The van der Waals surface area contributed by atoms with Crippen LogP contribution in [0.5, 0.6) is 5.75 Å². The molecule has 1 aromatic carbocycles. The number of anilines is 1. The third-order valence-electron chi connectivity index (χ3n) is 2.60. The minimum Gasteiger partial charge on any atom is -0.481 e. The Hall–Kier alpha value is -2.55. The van der Waals surface area contributed by atoms with Crippen molar-refractivity contribution >= 4 is 28.3 Å². The van der Waals surface area contributed by atoms with E-state index in [9.17, 15) is 18.4 Å². The first-order valence-corrected chi connectivity index (χ1v) is 7.25. The Morgan fingerprint density at radius 2 is 2.13 bits per heavy atom. The molecule has 1 N–H and O–H groups in total. The Kier molecular flexibility index (Phi) is 5.58. The summed E-state index contributed by atoms with van der Waals surface area (Å²) in [6.45, 7) is -0.508. The van der Waals surface area contributed by atoms with E-state index in [2.05, 4.69) is 15.0 Å². The lowest BCUT2D eigenvalue weighted by Crippen LogP contribution is -2.20. The highest BCUT2D eigenvalue weighted by molar-refractivity contribution is 7.13. The van der Waals surface area contributed by atoms with Crippen LogP contribution in [0.2, 0.25) is 0 Å². The molecule has 9 heteroatoms. The molecular weight excluding hydrogens is 330 g/mol. The second-order valence-electron chi connectivity index (χ2n) is 4.31. The maximum absolute atomic E-state index is 13.3. The summed E-state index contributed by atoms with van der Waals surface area (Å²) in [4.78, 5) is 26.8. The molecule has 0 saturated carbocycles. The van der Waals surface area contributed by atoms with Crippen molar-refractivity contribution in [3.8, 4) is 5.75 Å². The van der Waals surface area contributed by atoms with Crippen LogP contribution in [0.3, 0.4) is 0 Å². The smallest absolute Gasteiger partial charge is 0.311 e. The normalized spacial score (nSPS) is 10.2. The molecule has 0 atom stereocenters. The number of ether oxygens (including phenoxy) is 2. The lowest BCUT2D eigenvalue weighted by atomic mass is 10.3. The molecule has 2 aromatic rings. The van der Waals surface area contributed by atoms with Gasteiger partial charge in [-0.25, -0.2) is 13.8 Å². The summed E-state index contributed by atoms with van der Waals surface area (Å²) >= 11 is 1.12. The van der Waals surface area contributed by atoms with Crippen molar-refractivity contribution in [3.05, 3.63) is 40.9 Å². The molecule has 0 aliphatic heterocycles. The minimum atomic E-state index is -0.770. The van der Waals surface area contributed by atoms with Crippen molar-refractivity contribution in [1.29, 1.82) is 0 Å². The zero-order valence-corrected chi connectivity index (χ0v) is 12.8. The van der Waals surface area contributed by atoms with Crippen molar-refractivity contribution < 1.29 is 27.8 Å². The molecule has 0 fully saturated rings. The number of nitrogens with one attached hydrogen (secondary N) is 1. The third kappa shape index (κ3) is 4.99. The topological polar surface area (TPSA) is 77.5 Å². The predicted octanol–water partition coefficient (Wildman–Crippen LogP) is 2.15. The van der Waals surface area contributed by atoms with Crippen LogP contribution < -0.4 is 10.1 Å². The molecule has 0 spiro atoms. The van der Waals surface area contributed by atoms with Crippen LogP contribution in [0.1, 0.15) is 5.69 Å². The van der Waals surface area contributed by atoms with E-state index in [0.29, 0.717) is 5.69 Å². The summed E-state index contributed by atoms with van der Waals surface area (Å²) in [5.41, 5.74) is 0.453. The van der Waals surface area contributed by atoms with E-state index in [1.165, 1.54) is 7.11 Å². The van der Waals surface area contributed by atoms with Crippen LogP contribution in [0.25, 0.3) is 0 Å². The van der Waals surface area contributed by atoms with E-state index in [1.807, 2.05) is 0 Å². The maximum Gasteiger partial charge on any atom is 0.311 e. The van der Waals surface area contributed by atoms with Gasteiger partial charge in [-0.2, -0.15) is 0 Å². The Morgan fingerprint density at radius 3 is 2.87 bits per heavy atom. The number of aromatic nitrogens is 1. The lowest BCUT2D eigenvalue weighted by molar-refractivity contribution is -0.139. The third-order valence-corrected chi connectivity index (χ3v) is 3.41. The second-order valence-corrected chi connectivity index (χ2v) is 5.17. The second kappa shape index (κ2) is 7.63. The monoisotopic (exact) mass is 342 g/mol. The number of methoxy groups -OCH3 is 1. The molecule has 0 saturated heterocycles. The van der Waals surface area contributed by atoms with Crippen molar-refractivity contribution in [3.63, 3.8) is 0 Å². The number of hydrogen-bond acceptors (Lipinski definition) is 6. The number of hydrogen-bond donors (Lipinski definition) is 1. The number of thiazole rings is 1. The van der Waals surface area contributed by atoms with Crippen molar-refractivity contribution in [2.75, 3.05) is 19.0 Å². The van der Waals surface area contributed by atoms with Crippen LogP contribution in [-0.2, 0) is 20.7 Å². The molecule has 0 bridgehead atoms. The zero-order valence-electron chi connectivity index (χ0n) is 12.0. The molecule has 0 unspecified atom stereocenters. The molecule has 2 rings (SSSR count). The van der Waals surface area contributed by atoms with Crippen LogP contribution in [-0.4, -0.2) is 30.6 Å². The summed E-state index contributed by atoms with van der Waals surface area (Å²) in [5, 5.41) is 4.29. The SMILES string of the molecule is COC(=O)Cc1csc(NC(=O)COc2cc(F)ccc2F)n1. The van der Waals surface area contributed by atoms with Gasteiger partial charge in [-0.15, -0.1) is 11.3 Å². The van der Waals surface area contributed by atoms with Crippen LogP contribution in [0.15, 0.2) is 23.6 Å². The number of halogens is 2. The summed E-state index contributed by atoms with van der Waals surface area (Å²) in [5.74, 6) is -2.83. The zero-order chi connectivity index (χ0) is 16.8. The first-order chi connectivity index (χ1) is 11.0. The van der Waals surface area contributed by atoms with Gasteiger partial charge in [0.1, 0.15) is 5.82 Å². The molecule has 122 valence electrons. The molecule has 0 aliphatic rings. The summed E-state index contributed by atoms with van der Waals surface area (Å²) in [6, 6.07) is 2.70. The van der Waals surface area contributed by atoms with E-state index < -0.39 is 30.1 Å². The van der Waals surface area contributed by atoms with E-state index in [4.69, 9.17) is 4.74 Å². The molecule has 23 heavy (non-hydrogen) atoms. The lowest BCUT2D eigenvalue weighted by Gasteiger charge is -2.06. The number of rotatable bonds is 6. The van der Waals surface area contributed by atoms with Gasteiger partial charge in [-0.3, -0.25) is 14.9 Å². The highest BCUT2D eigenvalue weighted by Gasteiger charge is 2.12. The average Bonchev–Trinajstić information content (AvgIpc) is 2.95. The first-order valence-electron chi connectivity index (χ1n) is 6.37. The molecule has 1 heterocycles. The molecule has 0 radical (unpaired) electrons. The van der Waals surface area contributed by atoms with Crippen LogP contribution in [0, 0.1) is 11.6 Å². The summed E-state index contributed by atoms with van der Waals surface area (Å²) < 4.78 is 35.7. The quantitative estimate of drug-likeness (QED) is 0.814. The Bertz CT molecular complexity index is 721. The van der Waals surface area contributed by atoms with Crippen molar-refractivity contribution in [2.24, 2.45) is 0 Å². The highest BCUT2D eigenvalue weighted by atomic mass is 32.1. The summed E-state index contributed by atoms with van der Waals surface area (Å²) in [7, 11) is 1.26. The van der Waals surface area contributed by atoms with Crippen LogP contribution >= 0.6 is 11.3 Å². The fourth-order valence-corrected chi connectivity index (χ4v) is 2.28. The highest BCUT2D eigenvalue weighted by Crippen LogP contribution is 2.19. The van der Waals surface area contributed by atoms with Crippen molar-refractivity contribution in [2.45, 2.75) is 6.42 Å². The van der Waals surface area contributed by atoms with Crippen LogP contribution in [0.4, 0.5) is 13.9 Å². The Balaban J connectivity index is 1.87. The van der Waals surface area contributed by atoms with Gasteiger partial charge in [-0.05, 0) is 12.1 Å². The van der Waals surface area contributed by atoms with Gasteiger partial charge >= 0.3 is 5.97 Å². The largest absolute Gasteiger partial charge is 0.481 e. The maximum atomic E-state index is 13.3. The molecule has 1 amide bonds. The van der Waals surface area contributed by atoms with E-state index >= 15 is 0 Å². The first kappa shape index (κ1) is 16.8.